The largest absolute Gasteiger partial charge is 0.489 e. The van der Waals surface area contributed by atoms with Crippen LogP contribution in [0.15, 0.2) is 53.2 Å². The number of carbonyl (C=O) groups excluding carboxylic acids is 1. The van der Waals surface area contributed by atoms with Gasteiger partial charge in [-0.15, -0.1) is 0 Å². The van der Waals surface area contributed by atoms with Gasteiger partial charge in [0.25, 0.3) is 5.89 Å². The Balaban J connectivity index is 1.38. The Morgan fingerprint density at radius 1 is 1.05 bits per heavy atom. The first kappa shape index (κ1) is 26.7. The number of piperazine rings is 1. The summed E-state index contributed by atoms with van der Waals surface area (Å²) in [6, 6.07) is 13.3. The molecule has 1 saturated heterocycles. The maximum Gasteiger partial charge on any atom is 0.410 e. The molecule has 1 fully saturated rings. The third-order valence-electron chi connectivity index (χ3n) is 6.22. The second kappa shape index (κ2) is 10.7. The summed E-state index contributed by atoms with van der Waals surface area (Å²) in [4.78, 5) is 25.8. The number of anilines is 1. The van der Waals surface area contributed by atoms with Gasteiger partial charge in [-0.1, -0.05) is 35.0 Å². The van der Waals surface area contributed by atoms with Crippen LogP contribution in [0.4, 0.5) is 10.6 Å². The van der Waals surface area contributed by atoms with E-state index in [-0.39, 0.29) is 12.2 Å². The maximum absolute atomic E-state index is 12.5. The SMILES string of the molecule is CC(C)Oc1ccc(-c2nc(-c3cccc4c(N5CCN(C(=O)OC(C)(C)C)CC5)nccc34)no2)cc1Cl. The Morgan fingerprint density at radius 2 is 1.82 bits per heavy atom. The molecule has 2 aromatic heterocycles. The number of benzene rings is 2. The van der Waals surface area contributed by atoms with Gasteiger partial charge in [0.2, 0.25) is 5.82 Å². The number of carbonyl (C=O) groups is 1. The second-order valence-electron chi connectivity index (χ2n) is 10.7. The van der Waals surface area contributed by atoms with Crippen molar-refractivity contribution in [3.63, 3.8) is 0 Å². The number of nitrogens with zero attached hydrogens (tertiary/aromatic N) is 5. The van der Waals surface area contributed by atoms with Crippen molar-refractivity contribution in [2.75, 3.05) is 31.1 Å². The summed E-state index contributed by atoms with van der Waals surface area (Å²) in [6.45, 7) is 11.9. The van der Waals surface area contributed by atoms with Crippen molar-refractivity contribution in [2.45, 2.75) is 46.3 Å². The summed E-state index contributed by atoms with van der Waals surface area (Å²) in [5, 5.41) is 6.68. The molecule has 10 heteroatoms. The van der Waals surface area contributed by atoms with E-state index in [1.807, 2.05) is 65.0 Å². The number of ether oxygens (including phenoxy) is 2. The van der Waals surface area contributed by atoms with Crippen molar-refractivity contribution in [3.05, 3.63) is 53.7 Å². The minimum atomic E-state index is -0.519. The Morgan fingerprint density at radius 3 is 2.51 bits per heavy atom. The van der Waals surface area contributed by atoms with Crippen LogP contribution < -0.4 is 9.64 Å². The van der Waals surface area contributed by atoms with Crippen LogP contribution in [0.1, 0.15) is 34.6 Å². The van der Waals surface area contributed by atoms with E-state index in [1.165, 1.54) is 0 Å². The minimum Gasteiger partial charge on any atom is -0.489 e. The van der Waals surface area contributed by atoms with E-state index < -0.39 is 5.60 Å². The average Bonchev–Trinajstić information content (AvgIpc) is 3.38. The lowest BCUT2D eigenvalue weighted by Gasteiger charge is -2.36. The number of hydrogen-bond acceptors (Lipinski definition) is 8. The van der Waals surface area contributed by atoms with Gasteiger partial charge < -0.3 is 23.8 Å². The van der Waals surface area contributed by atoms with E-state index in [0.29, 0.717) is 54.2 Å². The van der Waals surface area contributed by atoms with Crippen LogP contribution >= 0.6 is 11.6 Å². The molecule has 1 aliphatic rings. The number of fused-ring (bicyclic) bond motifs is 1. The zero-order valence-corrected chi connectivity index (χ0v) is 23.5. The van der Waals surface area contributed by atoms with Crippen molar-refractivity contribution in [1.29, 1.82) is 0 Å². The minimum absolute atomic E-state index is 0.0166. The molecule has 0 spiro atoms. The molecule has 0 N–H and O–H groups in total. The summed E-state index contributed by atoms with van der Waals surface area (Å²) in [5.41, 5.74) is 1.03. The standard InChI is InChI=1S/C29H32ClN5O4/c1-18(2)37-24-10-9-19(17-23(24)30)27-32-25(33-39-27)21-7-6-8-22-20(21)11-12-31-26(22)34-13-15-35(16-14-34)28(36)38-29(3,4)5/h6-12,17-18H,13-16H2,1-5H3. The highest BCUT2D eigenvalue weighted by molar-refractivity contribution is 6.32. The molecule has 0 atom stereocenters. The fraction of sp³-hybridized carbons (Fsp3) is 0.379. The highest BCUT2D eigenvalue weighted by atomic mass is 35.5. The molecule has 9 nitrogen and oxygen atoms in total. The van der Waals surface area contributed by atoms with Gasteiger partial charge in [0.05, 0.1) is 11.1 Å². The zero-order valence-electron chi connectivity index (χ0n) is 22.8. The monoisotopic (exact) mass is 549 g/mol. The fourth-order valence-electron chi connectivity index (χ4n) is 4.50. The van der Waals surface area contributed by atoms with Gasteiger partial charge in [0.1, 0.15) is 17.2 Å². The number of pyridine rings is 1. The van der Waals surface area contributed by atoms with Gasteiger partial charge in [-0.05, 0) is 64.3 Å². The number of aromatic nitrogens is 3. The third kappa shape index (κ3) is 5.93. The lowest BCUT2D eigenvalue weighted by atomic mass is 10.0. The van der Waals surface area contributed by atoms with E-state index in [9.17, 15) is 4.79 Å². The van der Waals surface area contributed by atoms with Crippen molar-refractivity contribution in [1.82, 2.24) is 20.0 Å². The number of halogens is 1. The molecule has 0 unspecified atom stereocenters. The first-order valence-electron chi connectivity index (χ1n) is 13.0. The van der Waals surface area contributed by atoms with Gasteiger partial charge in [0, 0.05) is 48.9 Å². The zero-order chi connectivity index (χ0) is 27.7. The van der Waals surface area contributed by atoms with Gasteiger partial charge in [-0.3, -0.25) is 0 Å². The first-order chi connectivity index (χ1) is 18.6. The first-order valence-corrected chi connectivity index (χ1v) is 13.4. The Bertz CT molecular complexity index is 1490. The predicted octanol–water partition coefficient (Wildman–Crippen LogP) is 6.45. The van der Waals surface area contributed by atoms with Crippen molar-refractivity contribution < 1.29 is 18.8 Å². The predicted molar refractivity (Wildman–Crippen MR) is 151 cm³/mol. The molecule has 0 radical (unpaired) electrons. The molecule has 39 heavy (non-hydrogen) atoms. The molecule has 1 aliphatic heterocycles. The van der Waals surface area contributed by atoms with Crippen molar-refractivity contribution in [3.8, 4) is 28.6 Å². The molecule has 0 saturated carbocycles. The van der Waals surface area contributed by atoms with E-state index in [1.54, 1.807) is 23.2 Å². The van der Waals surface area contributed by atoms with E-state index in [0.717, 1.165) is 22.2 Å². The molecule has 0 aliphatic carbocycles. The van der Waals surface area contributed by atoms with Gasteiger partial charge in [0.15, 0.2) is 0 Å². The maximum atomic E-state index is 12.5. The number of amides is 1. The molecule has 204 valence electrons. The van der Waals surface area contributed by atoms with E-state index >= 15 is 0 Å². The number of rotatable bonds is 5. The van der Waals surface area contributed by atoms with Crippen LogP contribution in [0.3, 0.4) is 0 Å². The van der Waals surface area contributed by atoms with Crippen molar-refractivity contribution in [2.24, 2.45) is 0 Å². The quantitative estimate of drug-likeness (QED) is 0.280. The molecule has 1 amide bonds. The normalized spacial score (nSPS) is 14.2. The highest BCUT2D eigenvalue weighted by Crippen LogP contribution is 2.34. The summed E-state index contributed by atoms with van der Waals surface area (Å²) in [7, 11) is 0. The lowest BCUT2D eigenvalue weighted by Crippen LogP contribution is -2.50. The average molecular weight is 550 g/mol. The van der Waals surface area contributed by atoms with Crippen molar-refractivity contribution >= 4 is 34.3 Å². The second-order valence-corrected chi connectivity index (χ2v) is 11.1. The fourth-order valence-corrected chi connectivity index (χ4v) is 4.72. The van der Waals surface area contributed by atoms with Gasteiger partial charge in [-0.25, -0.2) is 9.78 Å². The summed E-state index contributed by atoms with van der Waals surface area (Å²) in [5.74, 6) is 2.30. The topological polar surface area (TPSA) is 93.8 Å². The van der Waals surface area contributed by atoms with E-state index in [4.69, 9.17) is 25.6 Å². The smallest absolute Gasteiger partial charge is 0.410 e. The molecule has 0 bridgehead atoms. The summed E-state index contributed by atoms with van der Waals surface area (Å²) < 4.78 is 16.9. The number of hydrogen-bond donors (Lipinski definition) is 0. The summed E-state index contributed by atoms with van der Waals surface area (Å²) in [6.07, 6.45) is 1.52. The molecule has 4 aromatic rings. The third-order valence-corrected chi connectivity index (χ3v) is 6.52. The summed E-state index contributed by atoms with van der Waals surface area (Å²) >= 11 is 6.42. The molecular weight excluding hydrogens is 518 g/mol. The van der Waals surface area contributed by atoms with Crippen LogP contribution in [-0.2, 0) is 4.74 Å². The van der Waals surface area contributed by atoms with E-state index in [2.05, 4.69) is 20.0 Å². The molecule has 5 rings (SSSR count). The lowest BCUT2D eigenvalue weighted by molar-refractivity contribution is 0.0240. The Hall–Kier alpha value is -3.85. The van der Waals surface area contributed by atoms with Gasteiger partial charge in [-0.2, -0.15) is 4.98 Å². The molecular formula is C29H32ClN5O4. The molecule has 3 heterocycles. The van der Waals surface area contributed by atoms with Gasteiger partial charge >= 0.3 is 6.09 Å². The van der Waals surface area contributed by atoms with Crippen LogP contribution in [-0.4, -0.2) is 64.0 Å². The van der Waals surface area contributed by atoms with Crippen LogP contribution in [0, 0.1) is 0 Å². The molecule has 2 aromatic carbocycles. The Kier molecular flexibility index (Phi) is 7.36. The van der Waals surface area contributed by atoms with Crippen LogP contribution in [0.25, 0.3) is 33.6 Å². The highest BCUT2D eigenvalue weighted by Gasteiger charge is 2.27. The van der Waals surface area contributed by atoms with Crippen LogP contribution in [0.5, 0.6) is 5.75 Å². The Labute approximate surface area is 232 Å². The van der Waals surface area contributed by atoms with Crippen LogP contribution in [0.2, 0.25) is 5.02 Å².